The lowest BCUT2D eigenvalue weighted by Gasteiger charge is -2.44. The normalized spacial score (nSPS) is 25.1. The van der Waals surface area contributed by atoms with Crippen molar-refractivity contribution in [3.8, 4) is 0 Å². The number of hydrogen-bond donors (Lipinski definition) is 0. The summed E-state index contributed by atoms with van der Waals surface area (Å²) in [6.45, 7) is 1.31. The van der Waals surface area contributed by atoms with Crippen LogP contribution in [0.15, 0.2) is 35.4 Å². The maximum absolute atomic E-state index is 13.3. The van der Waals surface area contributed by atoms with E-state index < -0.39 is 5.54 Å². The predicted octanol–water partition coefficient (Wildman–Crippen LogP) is 1.54. The van der Waals surface area contributed by atoms with Gasteiger partial charge in [-0.25, -0.2) is 4.98 Å². The molecule has 1 aliphatic carbocycles. The van der Waals surface area contributed by atoms with Gasteiger partial charge in [0, 0.05) is 19.1 Å². The molecule has 3 fully saturated rings. The van der Waals surface area contributed by atoms with Crippen LogP contribution >= 0.6 is 0 Å². The van der Waals surface area contributed by atoms with E-state index in [1.807, 2.05) is 11.0 Å². The summed E-state index contributed by atoms with van der Waals surface area (Å²) in [5, 5.41) is 0.502. The fourth-order valence-electron chi connectivity index (χ4n) is 4.93. The number of rotatable bonds is 3. The monoisotopic (exact) mass is 380 g/mol. The number of hydrogen-bond acceptors (Lipinski definition) is 4. The van der Waals surface area contributed by atoms with Crippen LogP contribution in [0.4, 0.5) is 0 Å². The lowest BCUT2D eigenvalue weighted by atomic mass is 9.85. The Balaban J connectivity index is 1.42. The molecule has 1 atom stereocenters. The van der Waals surface area contributed by atoms with Gasteiger partial charge in [0.05, 0.1) is 17.2 Å². The second-order valence-corrected chi connectivity index (χ2v) is 8.21. The van der Waals surface area contributed by atoms with Gasteiger partial charge in [0.2, 0.25) is 11.8 Å². The Bertz CT molecular complexity index is 1010. The largest absolute Gasteiger partial charge is 0.338 e. The highest BCUT2D eigenvalue weighted by Gasteiger charge is 2.54. The van der Waals surface area contributed by atoms with Crippen molar-refractivity contribution >= 4 is 22.7 Å². The number of carbonyl (C=O) groups excluding carboxylic acids is 2. The van der Waals surface area contributed by atoms with Crippen LogP contribution in [0.5, 0.6) is 0 Å². The van der Waals surface area contributed by atoms with Crippen molar-refractivity contribution in [1.29, 1.82) is 0 Å². The van der Waals surface area contributed by atoms with Gasteiger partial charge in [-0.05, 0) is 50.7 Å². The minimum atomic E-state index is -0.703. The molecule has 2 saturated heterocycles. The molecule has 28 heavy (non-hydrogen) atoms. The quantitative estimate of drug-likeness (QED) is 0.810. The molecule has 7 heteroatoms. The van der Waals surface area contributed by atoms with Gasteiger partial charge in [0.25, 0.3) is 5.56 Å². The molecule has 0 N–H and O–H groups in total. The smallest absolute Gasteiger partial charge is 0.261 e. The van der Waals surface area contributed by atoms with Crippen LogP contribution in [0, 0.1) is 0 Å². The average molecular weight is 380 g/mol. The molecule has 1 aromatic carbocycles. The minimum absolute atomic E-state index is 0.0743. The number of nitrogens with zero attached hydrogens (tertiary/aromatic N) is 4. The molecule has 1 saturated carbocycles. The third-order valence-electron chi connectivity index (χ3n) is 6.46. The fraction of sp³-hybridized carbons (Fsp3) is 0.524. The summed E-state index contributed by atoms with van der Waals surface area (Å²) < 4.78 is 1.36. The van der Waals surface area contributed by atoms with Gasteiger partial charge in [0.15, 0.2) is 0 Å². The van der Waals surface area contributed by atoms with Gasteiger partial charge < -0.3 is 9.80 Å². The van der Waals surface area contributed by atoms with Crippen molar-refractivity contribution < 1.29 is 9.59 Å². The third-order valence-corrected chi connectivity index (χ3v) is 6.46. The highest BCUT2D eigenvalue weighted by Crippen LogP contribution is 2.41. The van der Waals surface area contributed by atoms with E-state index in [0.717, 1.165) is 45.1 Å². The molecular formula is C21H24N4O3. The maximum Gasteiger partial charge on any atom is 0.261 e. The number of likely N-dealkylation sites (tertiary alicyclic amines) is 2. The van der Waals surface area contributed by atoms with E-state index in [-0.39, 0.29) is 23.9 Å². The zero-order valence-electron chi connectivity index (χ0n) is 15.8. The molecule has 2 aromatic rings. The number of benzene rings is 1. The minimum Gasteiger partial charge on any atom is -0.338 e. The van der Waals surface area contributed by atoms with Gasteiger partial charge in [-0.2, -0.15) is 0 Å². The standard InChI is InChI=1S/C21H24N4O3/c26-18(13-23-14-22-17-6-2-1-5-16(17)19(23)27)25-12-4-10-21(25)9-3-11-24(20(21)28)15-7-8-15/h1-2,5-6,14-15H,3-4,7-13H2. The molecule has 1 spiro atoms. The molecule has 1 aromatic heterocycles. The summed E-state index contributed by atoms with van der Waals surface area (Å²) in [6.07, 6.45) is 6.81. The topological polar surface area (TPSA) is 75.5 Å². The van der Waals surface area contributed by atoms with E-state index in [4.69, 9.17) is 0 Å². The van der Waals surface area contributed by atoms with Crippen molar-refractivity contribution in [2.24, 2.45) is 0 Å². The summed E-state index contributed by atoms with van der Waals surface area (Å²) in [5.74, 6) is -0.0428. The third kappa shape index (κ3) is 2.64. The molecule has 2 aliphatic heterocycles. The Morgan fingerprint density at radius 3 is 2.64 bits per heavy atom. The maximum atomic E-state index is 13.3. The number of amides is 2. The van der Waals surface area contributed by atoms with Gasteiger partial charge in [-0.3, -0.25) is 19.0 Å². The highest BCUT2D eigenvalue weighted by molar-refractivity contribution is 5.93. The second kappa shape index (κ2) is 6.43. The van der Waals surface area contributed by atoms with Gasteiger partial charge in [0.1, 0.15) is 12.1 Å². The molecule has 7 nitrogen and oxygen atoms in total. The van der Waals surface area contributed by atoms with Gasteiger partial charge in [-0.1, -0.05) is 12.1 Å². The summed E-state index contributed by atoms with van der Waals surface area (Å²) in [4.78, 5) is 47.3. The number of fused-ring (bicyclic) bond motifs is 1. The molecule has 1 unspecified atom stereocenters. The first-order valence-corrected chi connectivity index (χ1v) is 10.2. The van der Waals surface area contributed by atoms with Crippen LogP contribution in [0.2, 0.25) is 0 Å². The SMILES string of the molecule is O=C(Cn1cnc2ccccc2c1=O)N1CCCC12CCCN(C1CC1)C2=O. The molecule has 2 amide bonds. The molecule has 3 heterocycles. The number of carbonyl (C=O) groups is 2. The van der Waals surface area contributed by atoms with Crippen LogP contribution in [0.3, 0.4) is 0 Å². The first-order valence-electron chi connectivity index (χ1n) is 10.2. The number of para-hydroxylation sites is 1. The van der Waals surface area contributed by atoms with E-state index in [1.54, 1.807) is 23.1 Å². The van der Waals surface area contributed by atoms with Crippen LogP contribution in [-0.2, 0) is 16.1 Å². The average Bonchev–Trinajstić information content (AvgIpc) is 3.46. The molecule has 0 radical (unpaired) electrons. The molecule has 5 rings (SSSR count). The summed E-state index contributed by atoms with van der Waals surface area (Å²) in [5.41, 5.74) is -0.302. The van der Waals surface area contributed by atoms with Crippen molar-refractivity contribution in [1.82, 2.24) is 19.4 Å². The van der Waals surface area contributed by atoms with E-state index >= 15 is 0 Å². The summed E-state index contributed by atoms with van der Waals surface area (Å²) >= 11 is 0. The Morgan fingerprint density at radius 1 is 1.11 bits per heavy atom. The highest BCUT2D eigenvalue weighted by atomic mass is 16.2. The van der Waals surface area contributed by atoms with Gasteiger partial charge >= 0.3 is 0 Å². The first kappa shape index (κ1) is 17.4. The lowest BCUT2D eigenvalue weighted by Crippen LogP contribution is -2.62. The van der Waals surface area contributed by atoms with Crippen LogP contribution in [0.25, 0.3) is 10.9 Å². The number of aromatic nitrogens is 2. The molecule has 3 aliphatic rings. The summed E-state index contributed by atoms with van der Waals surface area (Å²) in [7, 11) is 0. The first-order chi connectivity index (χ1) is 13.6. The zero-order chi connectivity index (χ0) is 19.3. The van der Waals surface area contributed by atoms with Crippen molar-refractivity contribution in [2.75, 3.05) is 13.1 Å². The zero-order valence-corrected chi connectivity index (χ0v) is 15.8. The van der Waals surface area contributed by atoms with E-state index in [2.05, 4.69) is 4.98 Å². The van der Waals surface area contributed by atoms with E-state index in [9.17, 15) is 14.4 Å². The van der Waals surface area contributed by atoms with Crippen LogP contribution in [0.1, 0.15) is 38.5 Å². The predicted molar refractivity (Wildman–Crippen MR) is 104 cm³/mol. The Morgan fingerprint density at radius 2 is 1.86 bits per heavy atom. The van der Waals surface area contributed by atoms with Crippen LogP contribution < -0.4 is 5.56 Å². The van der Waals surface area contributed by atoms with Crippen LogP contribution in [-0.4, -0.2) is 55.8 Å². The van der Waals surface area contributed by atoms with E-state index in [0.29, 0.717) is 23.5 Å². The Labute approximate surface area is 162 Å². The van der Waals surface area contributed by atoms with Crippen molar-refractivity contribution in [3.05, 3.63) is 40.9 Å². The molecule has 0 bridgehead atoms. The Hall–Kier alpha value is -2.70. The number of piperidine rings is 1. The van der Waals surface area contributed by atoms with Crippen molar-refractivity contribution in [2.45, 2.75) is 56.7 Å². The Kier molecular flexibility index (Phi) is 4.00. The molecule has 146 valence electrons. The van der Waals surface area contributed by atoms with E-state index in [1.165, 1.54) is 10.9 Å². The summed E-state index contributed by atoms with van der Waals surface area (Å²) in [6, 6.07) is 7.50. The second-order valence-electron chi connectivity index (χ2n) is 8.21. The van der Waals surface area contributed by atoms with Crippen molar-refractivity contribution in [3.63, 3.8) is 0 Å². The molecular weight excluding hydrogens is 356 g/mol. The fourth-order valence-corrected chi connectivity index (χ4v) is 4.93. The lowest BCUT2D eigenvalue weighted by molar-refractivity contribution is -0.156. The van der Waals surface area contributed by atoms with Gasteiger partial charge in [-0.15, -0.1) is 0 Å².